The van der Waals surface area contributed by atoms with Crippen molar-refractivity contribution in [2.24, 2.45) is 0 Å². The molecule has 18 heavy (non-hydrogen) atoms. The van der Waals surface area contributed by atoms with Gasteiger partial charge in [-0.3, -0.25) is 4.31 Å². The molecule has 2 rings (SSSR count). The van der Waals surface area contributed by atoms with E-state index in [1.54, 1.807) is 35.6 Å². The first-order valence-corrected chi connectivity index (χ1v) is 7.51. The molecule has 6 heteroatoms. The molecule has 0 spiro atoms. The predicted octanol–water partition coefficient (Wildman–Crippen LogP) is 1.44. The molecule has 0 unspecified atom stereocenters. The zero-order chi connectivity index (χ0) is 13.2. The van der Waals surface area contributed by atoms with Crippen LogP contribution in [0.2, 0.25) is 0 Å². The lowest BCUT2D eigenvalue weighted by Crippen LogP contribution is -2.44. The Kier molecular flexibility index (Phi) is 3.77. The van der Waals surface area contributed by atoms with Crippen molar-refractivity contribution in [2.45, 2.75) is 19.3 Å². The van der Waals surface area contributed by atoms with Crippen LogP contribution in [0.5, 0.6) is 0 Å². The van der Waals surface area contributed by atoms with E-state index < -0.39 is 10.2 Å². The molecule has 1 aliphatic rings. The van der Waals surface area contributed by atoms with E-state index in [0.29, 0.717) is 24.5 Å². The second-order valence-electron chi connectivity index (χ2n) is 4.53. The molecule has 0 radical (unpaired) electrons. The number of hydrogen-bond donors (Lipinski definition) is 1. The molecule has 1 fully saturated rings. The number of nitrogens with two attached hydrogens (primary N) is 1. The van der Waals surface area contributed by atoms with E-state index in [-0.39, 0.29) is 0 Å². The number of rotatable bonds is 3. The van der Waals surface area contributed by atoms with Gasteiger partial charge >= 0.3 is 10.2 Å². The Bertz CT molecular complexity index is 510. The zero-order valence-corrected chi connectivity index (χ0v) is 11.4. The maximum Gasteiger partial charge on any atom is 0.303 e. The molecule has 0 aliphatic carbocycles. The molecular formula is C12H19N3O2S. The van der Waals surface area contributed by atoms with Gasteiger partial charge in [-0.1, -0.05) is 12.5 Å². The number of nitrogens with zero attached hydrogens (tertiary/aromatic N) is 2. The molecule has 1 aromatic carbocycles. The molecule has 0 amide bonds. The van der Waals surface area contributed by atoms with E-state index in [1.165, 1.54) is 4.31 Å². The van der Waals surface area contributed by atoms with Crippen LogP contribution in [0, 0.1) is 0 Å². The quantitative estimate of drug-likeness (QED) is 0.844. The first-order chi connectivity index (χ1) is 8.51. The average molecular weight is 269 g/mol. The molecule has 1 heterocycles. The fraction of sp³-hybridized carbons (Fsp3) is 0.500. The van der Waals surface area contributed by atoms with E-state index in [4.69, 9.17) is 5.73 Å². The first kappa shape index (κ1) is 13.2. The monoisotopic (exact) mass is 269 g/mol. The lowest BCUT2D eigenvalue weighted by atomic mass is 10.2. The second kappa shape index (κ2) is 5.16. The largest absolute Gasteiger partial charge is 0.399 e. The van der Waals surface area contributed by atoms with Gasteiger partial charge < -0.3 is 5.73 Å². The van der Waals surface area contributed by atoms with Crippen molar-refractivity contribution < 1.29 is 8.42 Å². The van der Waals surface area contributed by atoms with Gasteiger partial charge in [0.1, 0.15) is 0 Å². The Morgan fingerprint density at radius 3 is 2.50 bits per heavy atom. The maximum atomic E-state index is 12.4. The minimum Gasteiger partial charge on any atom is -0.399 e. The topological polar surface area (TPSA) is 66.6 Å². The highest BCUT2D eigenvalue weighted by Gasteiger charge is 2.28. The van der Waals surface area contributed by atoms with Crippen molar-refractivity contribution in [3.8, 4) is 0 Å². The van der Waals surface area contributed by atoms with E-state index in [0.717, 1.165) is 19.3 Å². The van der Waals surface area contributed by atoms with Gasteiger partial charge in [-0.15, -0.1) is 0 Å². The lowest BCUT2D eigenvalue weighted by Gasteiger charge is -2.31. The van der Waals surface area contributed by atoms with Gasteiger partial charge in [0.2, 0.25) is 0 Å². The van der Waals surface area contributed by atoms with Gasteiger partial charge in [-0.05, 0) is 31.0 Å². The highest BCUT2D eigenvalue weighted by atomic mass is 32.2. The van der Waals surface area contributed by atoms with Crippen molar-refractivity contribution >= 4 is 21.6 Å². The van der Waals surface area contributed by atoms with Crippen LogP contribution in [0.15, 0.2) is 24.3 Å². The van der Waals surface area contributed by atoms with Gasteiger partial charge in [0, 0.05) is 25.8 Å². The molecule has 1 saturated heterocycles. The number of anilines is 2. The van der Waals surface area contributed by atoms with E-state index in [9.17, 15) is 8.42 Å². The lowest BCUT2D eigenvalue weighted by molar-refractivity contribution is 0.346. The fourth-order valence-corrected chi connectivity index (χ4v) is 3.57. The smallest absolute Gasteiger partial charge is 0.303 e. The molecule has 0 bridgehead atoms. The Morgan fingerprint density at radius 2 is 1.89 bits per heavy atom. The normalized spacial score (nSPS) is 17.6. The summed E-state index contributed by atoms with van der Waals surface area (Å²) in [5, 5.41) is 0. The molecule has 1 aliphatic heterocycles. The van der Waals surface area contributed by atoms with Gasteiger partial charge in [-0.2, -0.15) is 12.7 Å². The maximum absolute atomic E-state index is 12.4. The van der Waals surface area contributed by atoms with Gasteiger partial charge in [-0.25, -0.2) is 0 Å². The third-order valence-electron chi connectivity index (χ3n) is 3.22. The van der Waals surface area contributed by atoms with Crippen molar-refractivity contribution in [3.05, 3.63) is 24.3 Å². The van der Waals surface area contributed by atoms with Crippen LogP contribution in [0.1, 0.15) is 19.3 Å². The van der Waals surface area contributed by atoms with E-state index in [1.807, 2.05) is 0 Å². The second-order valence-corrected chi connectivity index (χ2v) is 6.49. The summed E-state index contributed by atoms with van der Waals surface area (Å²) in [6.45, 7) is 1.21. The van der Waals surface area contributed by atoms with Crippen LogP contribution in [-0.4, -0.2) is 32.9 Å². The molecular weight excluding hydrogens is 250 g/mol. The summed E-state index contributed by atoms with van der Waals surface area (Å²) in [6.07, 6.45) is 2.97. The van der Waals surface area contributed by atoms with Crippen LogP contribution in [-0.2, 0) is 10.2 Å². The zero-order valence-electron chi connectivity index (χ0n) is 10.5. The third kappa shape index (κ3) is 2.59. The number of benzene rings is 1. The van der Waals surface area contributed by atoms with E-state index >= 15 is 0 Å². The molecule has 2 N–H and O–H groups in total. The first-order valence-electron chi connectivity index (χ1n) is 6.11. The van der Waals surface area contributed by atoms with Crippen molar-refractivity contribution in [3.63, 3.8) is 0 Å². The Hall–Kier alpha value is -1.27. The highest BCUT2D eigenvalue weighted by Crippen LogP contribution is 2.23. The third-order valence-corrected chi connectivity index (χ3v) is 5.14. The molecule has 0 saturated carbocycles. The summed E-state index contributed by atoms with van der Waals surface area (Å²) in [4.78, 5) is 0. The minimum absolute atomic E-state index is 0.563. The van der Waals surface area contributed by atoms with Crippen LogP contribution in [0.3, 0.4) is 0 Å². The van der Waals surface area contributed by atoms with Crippen molar-refractivity contribution in [2.75, 3.05) is 30.2 Å². The summed E-state index contributed by atoms with van der Waals surface area (Å²) in [7, 11) is -1.85. The number of nitrogen functional groups attached to an aromatic ring is 1. The molecule has 0 aromatic heterocycles. The van der Waals surface area contributed by atoms with Gasteiger partial charge in [0.25, 0.3) is 0 Å². The Balaban J connectivity index is 2.23. The van der Waals surface area contributed by atoms with Crippen LogP contribution < -0.4 is 10.0 Å². The van der Waals surface area contributed by atoms with Crippen LogP contribution in [0.4, 0.5) is 11.4 Å². The fourth-order valence-electron chi connectivity index (χ4n) is 2.12. The Morgan fingerprint density at radius 1 is 1.22 bits per heavy atom. The SMILES string of the molecule is CN(c1cccc(N)c1)S(=O)(=O)N1CCCCC1. The highest BCUT2D eigenvalue weighted by molar-refractivity contribution is 7.90. The molecule has 0 atom stereocenters. The molecule has 5 nitrogen and oxygen atoms in total. The predicted molar refractivity (Wildman–Crippen MR) is 73.6 cm³/mol. The van der Waals surface area contributed by atoms with Gasteiger partial charge in [0.05, 0.1) is 5.69 Å². The summed E-state index contributed by atoms with van der Waals surface area (Å²) in [6, 6.07) is 6.91. The van der Waals surface area contributed by atoms with Crippen molar-refractivity contribution in [1.82, 2.24) is 4.31 Å². The molecule has 100 valence electrons. The van der Waals surface area contributed by atoms with E-state index in [2.05, 4.69) is 0 Å². The summed E-state index contributed by atoms with van der Waals surface area (Å²) in [5.41, 5.74) is 6.84. The van der Waals surface area contributed by atoms with Crippen LogP contribution >= 0.6 is 0 Å². The standard InChI is InChI=1S/C12H19N3O2S/c1-14(12-7-5-6-11(13)10-12)18(16,17)15-8-3-2-4-9-15/h5-7,10H,2-4,8-9,13H2,1H3. The van der Waals surface area contributed by atoms with Gasteiger partial charge in [0.15, 0.2) is 0 Å². The number of piperidine rings is 1. The average Bonchev–Trinajstić information content (AvgIpc) is 2.39. The van der Waals surface area contributed by atoms with Crippen LogP contribution in [0.25, 0.3) is 0 Å². The molecule has 1 aromatic rings. The number of hydrogen-bond acceptors (Lipinski definition) is 3. The summed E-state index contributed by atoms with van der Waals surface area (Å²) < 4.78 is 27.7. The summed E-state index contributed by atoms with van der Waals surface area (Å²) >= 11 is 0. The minimum atomic E-state index is -3.42. The summed E-state index contributed by atoms with van der Waals surface area (Å²) in [5.74, 6) is 0. The van der Waals surface area contributed by atoms with Crippen molar-refractivity contribution in [1.29, 1.82) is 0 Å². The Labute approximate surface area is 108 Å².